The number of hydrogen-bond acceptors (Lipinski definition) is 3. The molecule has 0 bridgehead atoms. The van der Waals surface area contributed by atoms with E-state index in [9.17, 15) is 12.8 Å². The first-order chi connectivity index (χ1) is 9.29. The minimum atomic E-state index is -2.96. The van der Waals surface area contributed by atoms with E-state index < -0.39 is 9.84 Å². The Hall–Kier alpha value is -0.940. The zero-order valence-corrected chi connectivity index (χ0v) is 13.2. The Morgan fingerprint density at radius 1 is 1.25 bits per heavy atom. The topological polar surface area (TPSA) is 46.2 Å². The summed E-state index contributed by atoms with van der Waals surface area (Å²) in [6.07, 6.45) is 2.45. The van der Waals surface area contributed by atoms with Crippen molar-refractivity contribution in [2.75, 3.05) is 18.6 Å². The summed E-state index contributed by atoms with van der Waals surface area (Å²) >= 11 is 0. The van der Waals surface area contributed by atoms with Gasteiger partial charge in [0.25, 0.3) is 0 Å². The van der Waals surface area contributed by atoms with Crippen LogP contribution >= 0.6 is 0 Å². The summed E-state index contributed by atoms with van der Waals surface area (Å²) in [5, 5.41) is 3.30. The van der Waals surface area contributed by atoms with Crippen molar-refractivity contribution in [3.8, 4) is 0 Å². The van der Waals surface area contributed by atoms with E-state index in [1.54, 1.807) is 12.1 Å². The number of sulfone groups is 1. The first kappa shape index (κ1) is 17.1. The Balaban J connectivity index is 2.72. The van der Waals surface area contributed by atoms with Crippen molar-refractivity contribution >= 4 is 9.84 Å². The Morgan fingerprint density at radius 3 is 2.45 bits per heavy atom. The largest absolute Gasteiger partial charge is 0.314 e. The summed E-state index contributed by atoms with van der Waals surface area (Å²) in [5.41, 5.74) is 0.661. The summed E-state index contributed by atoms with van der Waals surface area (Å²) in [5.74, 6) is -0.0673. The fraction of sp³-hybridized carbons (Fsp3) is 0.600. The first-order valence-electron chi connectivity index (χ1n) is 6.95. The van der Waals surface area contributed by atoms with Crippen LogP contribution in [0.15, 0.2) is 24.3 Å². The van der Waals surface area contributed by atoms with Gasteiger partial charge in [0, 0.05) is 24.6 Å². The molecule has 1 unspecified atom stereocenters. The lowest BCUT2D eigenvalue weighted by Crippen LogP contribution is -2.28. The highest BCUT2D eigenvalue weighted by atomic mass is 32.2. The zero-order valence-electron chi connectivity index (χ0n) is 12.4. The fourth-order valence-electron chi connectivity index (χ4n) is 2.14. The molecule has 0 aliphatic carbocycles. The zero-order chi connectivity index (χ0) is 15.2. The number of halogens is 1. The van der Waals surface area contributed by atoms with Crippen LogP contribution in [0.4, 0.5) is 4.39 Å². The van der Waals surface area contributed by atoms with Crippen molar-refractivity contribution in [2.45, 2.75) is 38.6 Å². The average molecular weight is 301 g/mol. The molecule has 0 saturated heterocycles. The van der Waals surface area contributed by atoms with Gasteiger partial charge in [0.05, 0.1) is 0 Å². The molecule has 0 heterocycles. The van der Waals surface area contributed by atoms with Crippen molar-refractivity contribution in [2.24, 2.45) is 0 Å². The van der Waals surface area contributed by atoms with Gasteiger partial charge in [-0.1, -0.05) is 32.0 Å². The third-order valence-corrected chi connectivity index (χ3v) is 4.22. The summed E-state index contributed by atoms with van der Waals surface area (Å²) in [6, 6.07) is 7.04. The first-order valence-corrected chi connectivity index (χ1v) is 9.01. The maximum absolute atomic E-state index is 13.9. The van der Waals surface area contributed by atoms with Crippen LogP contribution in [-0.2, 0) is 9.84 Å². The second-order valence-electron chi connectivity index (χ2n) is 5.55. The van der Waals surface area contributed by atoms with Gasteiger partial charge in [0.15, 0.2) is 0 Å². The highest BCUT2D eigenvalue weighted by molar-refractivity contribution is 7.90. The van der Waals surface area contributed by atoms with Crippen LogP contribution in [0.1, 0.15) is 38.2 Å². The monoisotopic (exact) mass is 301 g/mol. The lowest BCUT2D eigenvalue weighted by atomic mass is 9.93. The summed E-state index contributed by atoms with van der Waals surface area (Å²) in [7, 11) is -2.96. The molecular weight excluding hydrogens is 277 g/mol. The lowest BCUT2D eigenvalue weighted by Gasteiger charge is -2.20. The predicted octanol–water partition coefficient (Wildman–Crippen LogP) is 2.73. The quantitative estimate of drug-likeness (QED) is 0.803. The van der Waals surface area contributed by atoms with Crippen LogP contribution in [0, 0.1) is 5.82 Å². The molecule has 5 heteroatoms. The molecule has 0 saturated carbocycles. The molecule has 1 rings (SSSR count). The number of benzene rings is 1. The molecule has 1 N–H and O–H groups in total. The van der Waals surface area contributed by atoms with Crippen LogP contribution in [0.3, 0.4) is 0 Å². The molecule has 0 spiro atoms. The molecule has 0 aromatic heterocycles. The number of hydrogen-bond donors (Lipinski definition) is 1. The van der Waals surface area contributed by atoms with Gasteiger partial charge in [-0.2, -0.15) is 0 Å². The molecule has 0 aliphatic heterocycles. The highest BCUT2D eigenvalue weighted by Gasteiger charge is 2.16. The highest BCUT2D eigenvalue weighted by Crippen LogP contribution is 2.23. The van der Waals surface area contributed by atoms with Gasteiger partial charge in [-0.25, -0.2) is 12.8 Å². The van der Waals surface area contributed by atoms with E-state index in [0.717, 1.165) is 0 Å². The van der Waals surface area contributed by atoms with E-state index in [4.69, 9.17) is 0 Å². The summed E-state index contributed by atoms with van der Waals surface area (Å²) in [6.45, 7) is 4.73. The molecule has 114 valence electrons. The Morgan fingerprint density at radius 2 is 1.90 bits per heavy atom. The lowest BCUT2D eigenvalue weighted by molar-refractivity contribution is 0.484. The Labute approximate surface area is 121 Å². The molecule has 1 aromatic rings. The van der Waals surface area contributed by atoms with Crippen molar-refractivity contribution in [3.63, 3.8) is 0 Å². The van der Waals surface area contributed by atoms with Gasteiger partial charge in [-0.15, -0.1) is 0 Å². The summed E-state index contributed by atoms with van der Waals surface area (Å²) < 4.78 is 36.3. The average Bonchev–Trinajstić information content (AvgIpc) is 2.33. The van der Waals surface area contributed by atoms with Crippen LogP contribution in [0.2, 0.25) is 0 Å². The van der Waals surface area contributed by atoms with E-state index in [-0.39, 0.29) is 17.5 Å². The van der Waals surface area contributed by atoms with Gasteiger partial charge in [0.1, 0.15) is 15.7 Å². The van der Waals surface area contributed by atoms with Crippen LogP contribution in [0.5, 0.6) is 0 Å². The molecule has 0 aliphatic rings. The van der Waals surface area contributed by atoms with Gasteiger partial charge < -0.3 is 5.32 Å². The van der Waals surface area contributed by atoms with Gasteiger partial charge in [0.2, 0.25) is 0 Å². The van der Waals surface area contributed by atoms with Crippen molar-refractivity contribution in [3.05, 3.63) is 35.6 Å². The molecule has 20 heavy (non-hydrogen) atoms. The predicted molar refractivity (Wildman–Crippen MR) is 81.2 cm³/mol. The third-order valence-electron chi connectivity index (χ3n) is 3.19. The molecule has 3 nitrogen and oxygen atoms in total. The number of nitrogens with one attached hydrogen (secondary N) is 1. The fourth-order valence-corrected chi connectivity index (χ4v) is 2.83. The number of rotatable bonds is 8. The Bertz CT molecular complexity index is 514. The maximum atomic E-state index is 13.9. The Kier molecular flexibility index (Phi) is 6.62. The normalized spacial score (nSPS) is 13.7. The smallest absolute Gasteiger partial charge is 0.147 e. The molecular formula is C15H24FNO2S. The van der Waals surface area contributed by atoms with E-state index >= 15 is 0 Å². The minimum Gasteiger partial charge on any atom is -0.314 e. The second kappa shape index (κ2) is 7.74. The molecule has 0 amide bonds. The van der Waals surface area contributed by atoms with E-state index in [1.165, 1.54) is 12.3 Å². The van der Waals surface area contributed by atoms with Crippen LogP contribution in [0.25, 0.3) is 0 Å². The molecule has 0 fully saturated rings. The standard InChI is InChI=1S/C15H24FNO2S/c1-12(2)17-11-13(7-6-10-20(3,18)19)14-8-4-5-9-15(14)16/h4-5,8-9,12-13,17H,6-7,10-11H2,1-3H3. The third kappa shape index (κ3) is 6.48. The van der Waals surface area contributed by atoms with E-state index in [1.807, 2.05) is 19.9 Å². The van der Waals surface area contributed by atoms with Crippen molar-refractivity contribution in [1.29, 1.82) is 0 Å². The van der Waals surface area contributed by atoms with Gasteiger partial charge >= 0.3 is 0 Å². The van der Waals surface area contributed by atoms with E-state index in [2.05, 4.69) is 5.32 Å². The van der Waals surface area contributed by atoms with Crippen molar-refractivity contribution in [1.82, 2.24) is 5.32 Å². The maximum Gasteiger partial charge on any atom is 0.147 e. The van der Waals surface area contributed by atoms with Crippen LogP contribution < -0.4 is 5.32 Å². The van der Waals surface area contributed by atoms with E-state index in [0.29, 0.717) is 31.0 Å². The SMILES string of the molecule is CC(C)NCC(CCCS(C)(=O)=O)c1ccccc1F. The van der Waals surface area contributed by atoms with Crippen molar-refractivity contribution < 1.29 is 12.8 Å². The van der Waals surface area contributed by atoms with Gasteiger partial charge in [-0.3, -0.25) is 0 Å². The molecule has 1 atom stereocenters. The van der Waals surface area contributed by atoms with Crippen LogP contribution in [-0.4, -0.2) is 33.0 Å². The molecule has 1 aromatic carbocycles. The van der Waals surface area contributed by atoms with Gasteiger partial charge in [-0.05, 0) is 30.4 Å². The minimum absolute atomic E-state index is 0.000324. The second-order valence-corrected chi connectivity index (χ2v) is 7.81. The summed E-state index contributed by atoms with van der Waals surface area (Å²) in [4.78, 5) is 0. The molecule has 0 radical (unpaired) electrons.